The van der Waals surface area contributed by atoms with Crippen LogP contribution < -0.4 is 10.5 Å². The minimum Gasteiger partial charge on any atom is -0.359 e. The molecule has 1 fully saturated rings. The molecule has 1 aliphatic rings. The first-order valence-corrected chi connectivity index (χ1v) is 11.8. The molecule has 1 aromatic carbocycles. The maximum Gasteiger partial charge on any atom is 0.238 e. The Balaban J connectivity index is 1.63. The van der Waals surface area contributed by atoms with Crippen LogP contribution in [-0.2, 0) is 10.0 Å². The van der Waals surface area contributed by atoms with Crippen molar-refractivity contribution in [3.63, 3.8) is 0 Å². The molecule has 0 unspecified atom stereocenters. The Morgan fingerprint density at radius 1 is 1.18 bits per heavy atom. The predicted molar refractivity (Wildman–Crippen MR) is 114 cm³/mol. The lowest BCUT2D eigenvalue weighted by Gasteiger charge is -2.10. The summed E-state index contributed by atoms with van der Waals surface area (Å²) in [6, 6.07) is 9.29. The van der Waals surface area contributed by atoms with Crippen LogP contribution in [0.4, 0.5) is 5.13 Å². The zero-order chi connectivity index (χ0) is 19.9. The first-order chi connectivity index (χ1) is 13.3. The van der Waals surface area contributed by atoms with Crippen molar-refractivity contribution in [2.75, 3.05) is 5.32 Å². The summed E-state index contributed by atoms with van der Waals surface area (Å²) < 4.78 is 25.1. The maximum atomic E-state index is 11.5. The van der Waals surface area contributed by atoms with Crippen molar-refractivity contribution in [1.29, 1.82) is 0 Å². The molecule has 148 valence electrons. The van der Waals surface area contributed by atoms with E-state index < -0.39 is 10.0 Å². The SMILES string of the molecule is Cc1cc(-c2csc(NC3CCCC3)n2)c(C)n1-c1ccc(S(N)(=O)=O)cc1. The van der Waals surface area contributed by atoms with Gasteiger partial charge in [-0.1, -0.05) is 12.8 Å². The summed E-state index contributed by atoms with van der Waals surface area (Å²) in [6.07, 6.45) is 5.03. The summed E-state index contributed by atoms with van der Waals surface area (Å²) in [5.41, 5.74) is 5.08. The van der Waals surface area contributed by atoms with Gasteiger partial charge in [0.25, 0.3) is 0 Å². The van der Waals surface area contributed by atoms with Gasteiger partial charge in [-0.15, -0.1) is 11.3 Å². The lowest BCUT2D eigenvalue weighted by atomic mass is 10.2. The molecular formula is C20H24N4O2S2. The quantitative estimate of drug-likeness (QED) is 0.652. The molecule has 2 aromatic heterocycles. The van der Waals surface area contributed by atoms with Gasteiger partial charge >= 0.3 is 0 Å². The van der Waals surface area contributed by atoms with E-state index >= 15 is 0 Å². The van der Waals surface area contributed by atoms with E-state index in [2.05, 4.69) is 28.3 Å². The number of nitrogens with one attached hydrogen (secondary N) is 1. The van der Waals surface area contributed by atoms with E-state index in [4.69, 9.17) is 10.1 Å². The van der Waals surface area contributed by atoms with Crippen LogP contribution in [0, 0.1) is 13.8 Å². The molecule has 2 heterocycles. The highest BCUT2D eigenvalue weighted by atomic mass is 32.2. The largest absolute Gasteiger partial charge is 0.359 e. The Hall–Kier alpha value is -2.16. The number of hydrogen-bond acceptors (Lipinski definition) is 5. The topological polar surface area (TPSA) is 90.0 Å². The van der Waals surface area contributed by atoms with Crippen LogP contribution in [0.15, 0.2) is 40.6 Å². The zero-order valence-electron chi connectivity index (χ0n) is 16.0. The van der Waals surface area contributed by atoms with Crippen LogP contribution in [0.2, 0.25) is 0 Å². The third kappa shape index (κ3) is 3.72. The Morgan fingerprint density at radius 2 is 1.86 bits per heavy atom. The minimum absolute atomic E-state index is 0.112. The van der Waals surface area contributed by atoms with Gasteiger partial charge < -0.3 is 9.88 Å². The van der Waals surface area contributed by atoms with E-state index in [0.717, 1.165) is 33.5 Å². The average molecular weight is 417 g/mol. The number of benzene rings is 1. The van der Waals surface area contributed by atoms with Crippen LogP contribution >= 0.6 is 11.3 Å². The Bertz CT molecular complexity index is 1090. The van der Waals surface area contributed by atoms with E-state index in [1.54, 1.807) is 23.5 Å². The van der Waals surface area contributed by atoms with E-state index in [0.29, 0.717) is 6.04 Å². The van der Waals surface area contributed by atoms with E-state index in [1.807, 2.05) is 6.92 Å². The van der Waals surface area contributed by atoms with Crippen molar-refractivity contribution in [1.82, 2.24) is 9.55 Å². The molecule has 6 nitrogen and oxygen atoms in total. The Labute approximate surface area is 169 Å². The van der Waals surface area contributed by atoms with E-state index in [1.165, 1.54) is 37.8 Å². The van der Waals surface area contributed by atoms with Crippen molar-refractivity contribution >= 4 is 26.5 Å². The molecule has 0 atom stereocenters. The monoisotopic (exact) mass is 416 g/mol. The van der Waals surface area contributed by atoms with Crippen LogP contribution in [0.3, 0.4) is 0 Å². The highest BCUT2D eigenvalue weighted by Crippen LogP contribution is 2.33. The lowest BCUT2D eigenvalue weighted by Crippen LogP contribution is -2.14. The third-order valence-electron chi connectivity index (χ3n) is 5.32. The smallest absolute Gasteiger partial charge is 0.238 e. The molecule has 0 spiro atoms. The van der Waals surface area contributed by atoms with Crippen molar-refractivity contribution < 1.29 is 8.42 Å². The molecule has 3 aromatic rings. The van der Waals surface area contributed by atoms with Crippen LogP contribution in [0.1, 0.15) is 37.1 Å². The number of nitrogens with zero attached hydrogens (tertiary/aromatic N) is 2. The fourth-order valence-electron chi connectivity index (χ4n) is 3.91. The molecule has 0 radical (unpaired) electrons. The van der Waals surface area contributed by atoms with E-state index in [9.17, 15) is 8.42 Å². The van der Waals surface area contributed by atoms with Crippen molar-refractivity contribution in [3.05, 3.63) is 47.1 Å². The number of hydrogen-bond donors (Lipinski definition) is 2. The maximum absolute atomic E-state index is 11.5. The summed E-state index contributed by atoms with van der Waals surface area (Å²) in [4.78, 5) is 4.91. The second-order valence-corrected chi connectivity index (χ2v) is 9.74. The summed E-state index contributed by atoms with van der Waals surface area (Å²) in [7, 11) is -3.69. The molecule has 0 saturated heterocycles. The summed E-state index contributed by atoms with van der Waals surface area (Å²) >= 11 is 1.64. The van der Waals surface area contributed by atoms with Gasteiger partial charge in [-0.05, 0) is 57.0 Å². The number of rotatable bonds is 5. The van der Waals surface area contributed by atoms with Crippen LogP contribution in [-0.4, -0.2) is 24.0 Å². The number of aryl methyl sites for hydroxylation is 1. The second kappa shape index (κ2) is 7.35. The molecular weight excluding hydrogens is 392 g/mol. The molecule has 0 amide bonds. The third-order valence-corrected chi connectivity index (χ3v) is 7.02. The van der Waals surface area contributed by atoms with Crippen LogP contribution in [0.25, 0.3) is 16.9 Å². The fraction of sp³-hybridized carbons (Fsp3) is 0.350. The average Bonchev–Trinajstić information content (AvgIpc) is 3.37. The van der Waals surface area contributed by atoms with Crippen molar-refractivity contribution in [2.45, 2.75) is 50.5 Å². The number of aromatic nitrogens is 2. The van der Waals surface area contributed by atoms with Gasteiger partial charge in [0.15, 0.2) is 5.13 Å². The fourth-order valence-corrected chi connectivity index (χ4v) is 5.22. The zero-order valence-corrected chi connectivity index (χ0v) is 17.6. The summed E-state index contributed by atoms with van der Waals surface area (Å²) in [5.74, 6) is 0. The van der Waals surface area contributed by atoms with Gasteiger partial charge in [0.05, 0.1) is 10.6 Å². The molecule has 0 aliphatic heterocycles. The molecule has 3 N–H and O–H groups in total. The Kier molecular flexibility index (Phi) is 5.03. The second-order valence-electron chi connectivity index (χ2n) is 7.32. The first kappa shape index (κ1) is 19.2. The molecule has 0 bridgehead atoms. The molecule has 8 heteroatoms. The van der Waals surface area contributed by atoms with Crippen molar-refractivity contribution in [3.8, 4) is 16.9 Å². The number of primary sulfonamides is 1. The van der Waals surface area contributed by atoms with Gasteiger partial charge in [-0.3, -0.25) is 0 Å². The highest BCUT2D eigenvalue weighted by molar-refractivity contribution is 7.89. The molecule has 28 heavy (non-hydrogen) atoms. The molecule has 4 rings (SSSR count). The standard InChI is InChI=1S/C20H24N4O2S2/c1-13-11-18(19-12-27-20(23-19)22-15-5-3-4-6-15)14(2)24(13)16-7-9-17(10-8-16)28(21,25)26/h7-12,15H,3-6H2,1-2H3,(H,22,23)(H2,21,25,26). The highest BCUT2D eigenvalue weighted by Gasteiger charge is 2.18. The van der Waals surface area contributed by atoms with Gasteiger partial charge in [0.1, 0.15) is 0 Å². The van der Waals surface area contributed by atoms with Gasteiger partial charge in [-0.25, -0.2) is 18.5 Å². The van der Waals surface area contributed by atoms with Gasteiger partial charge in [-0.2, -0.15) is 0 Å². The lowest BCUT2D eigenvalue weighted by molar-refractivity contribution is 0.598. The Morgan fingerprint density at radius 3 is 2.50 bits per heavy atom. The number of thiazole rings is 1. The van der Waals surface area contributed by atoms with E-state index in [-0.39, 0.29) is 4.90 Å². The first-order valence-electron chi connectivity index (χ1n) is 9.37. The van der Waals surface area contributed by atoms with Gasteiger partial charge in [0.2, 0.25) is 10.0 Å². The van der Waals surface area contributed by atoms with Crippen molar-refractivity contribution in [2.24, 2.45) is 5.14 Å². The van der Waals surface area contributed by atoms with Gasteiger partial charge in [0, 0.05) is 34.1 Å². The number of nitrogens with two attached hydrogens (primary N) is 1. The molecule has 1 aliphatic carbocycles. The molecule has 1 saturated carbocycles. The number of anilines is 1. The van der Waals surface area contributed by atoms with Crippen LogP contribution in [0.5, 0.6) is 0 Å². The normalized spacial score (nSPS) is 15.2. The summed E-state index contributed by atoms with van der Waals surface area (Å²) in [6.45, 7) is 4.09. The number of sulfonamides is 1. The predicted octanol–water partition coefficient (Wildman–Crippen LogP) is 4.22. The minimum atomic E-state index is -3.69. The summed E-state index contributed by atoms with van der Waals surface area (Å²) in [5, 5.41) is 11.8.